The first-order chi connectivity index (χ1) is 12.0. The number of carbonyl (C=O) groups is 3. The molecule has 1 aromatic heterocycles. The van der Waals surface area contributed by atoms with Gasteiger partial charge in [-0.15, -0.1) is 0 Å². The number of furan rings is 1. The summed E-state index contributed by atoms with van der Waals surface area (Å²) >= 11 is 0. The van der Waals surface area contributed by atoms with Gasteiger partial charge in [0.25, 0.3) is 11.8 Å². The van der Waals surface area contributed by atoms with Gasteiger partial charge in [0.2, 0.25) is 5.76 Å². The van der Waals surface area contributed by atoms with E-state index in [-0.39, 0.29) is 23.5 Å². The van der Waals surface area contributed by atoms with Crippen LogP contribution in [0.3, 0.4) is 0 Å². The molecule has 1 saturated carbocycles. The molecule has 7 heteroatoms. The van der Waals surface area contributed by atoms with Crippen LogP contribution in [0.2, 0.25) is 0 Å². The molecule has 1 aliphatic carbocycles. The van der Waals surface area contributed by atoms with Crippen molar-refractivity contribution in [2.24, 2.45) is 0 Å². The van der Waals surface area contributed by atoms with E-state index in [4.69, 9.17) is 9.52 Å². The summed E-state index contributed by atoms with van der Waals surface area (Å²) < 4.78 is 4.94. The first-order valence-corrected chi connectivity index (χ1v) is 8.08. The summed E-state index contributed by atoms with van der Waals surface area (Å²) in [6.07, 6.45) is 4.32. The largest absolute Gasteiger partial charge is 0.475 e. The fourth-order valence-electron chi connectivity index (χ4n) is 2.81. The monoisotopic (exact) mass is 342 g/mol. The van der Waals surface area contributed by atoms with Crippen LogP contribution in [0.1, 0.15) is 57.2 Å². The zero-order valence-electron chi connectivity index (χ0n) is 13.5. The van der Waals surface area contributed by atoms with Crippen LogP contribution in [0.15, 0.2) is 40.8 Å². The summed E-state index contributed by atoms with van der Waals surface area (Å²) in [5.41, 5.74) is 1.01. The predicted molar refractivity (Wildman–Crippen MR) is 89.8 cm³/mol. The Balaban J connectivity index is 1.60. The van der Waals surface area contributed by atoms with E-state index in [9.17, 15) is 14.4 Å². The molecule has 0 unspecified atom stereocenters. The normalized spacial score (nSPS) is 14.2. The summed E-state index contributed by atoms with van der Waals surface area (Å²) in [6.45, 7) is 0. The van der Waals surface area contributed by atoms with Gasteiger partial charge in [-0.25, -0.2) is 4.79 Å². The molecule has 0 saturated heterocycles. The van der Waals surface area contributed by atoms with Gasteiger partial charge in [0, 0.05) is 17.3 Å². The topological polar surface area (TPSA) is 109 Å². The minimum absolute atomic E-state index is 0.0968. The Bertz CT molecular complexity index is 788. The lowest BCUT2D eigenvalue weighted by molar-refractivity contribution is 0.0660. The highest BCUT2D eigenvalue weighted by Crippen LogP contribution is 2.19. The summed E-state index contributed by atoms with van der Waals surface area (Å²) in [7, 11) is 0. The van der Waals surface area contributed by atoms with E-state index >= 15 is 0 Å². The van der Waals surface area contributed by atoms with E-state index in [0.717, 1.165) is 25.7 Å². The lowest BCUT2D eigenvalue weighted by Gasteiger charge is -2.12. The number of carbonyl (C=O) groups excluding carboxylic acids is 2. The molecule has 0 bridgehead atoms. The number of aromatic carboxylic acids is 1. The van der Waals surface area contributed by atoms with E-state index in [1.807, 2.05) is 0 Å². The molecule has 2 amide bonds. The molecule has 0 radical (unpaired) electrons. The Hall–Kier alpha value is -3.09. The van der Waals surface area contributed by atoms with Crippen LogP contribution in [0.4, 0.5) is 5.69 Å². The first kappa shape index (κ1) is 16.8. The smallest absolute Gasteiger partial charge is 0.371 e. The van der Waals surface area contributed by atoms with E-state index in [0.29, 0.717) is 11.3 Å². The lowest BCUT2D eigenvalue weighted by Crippen LogP contribution is -2.32. The summed E-state index contributed by atoms with van der Waals surface area (Å²) in [6, 6.07) is 9.24. The Morgan fingerprint density at radius 2 is 1.56 bits per heavy atom. The maximum atomic E-state index is 12.2. The molecule has 0 spiro atoms. The lowest BCUT2D eigenvalue weighted by atomic mass is 10.1. The predicted octanol–water partition coefficient (Wildman–Crippen LogP) is 2.90. The Morgan fingerprint density at radius 3 is 2.16 bits per heavy atom. The highest BCUT2D eigenvalue weighted by Gasteiger charge is 2.18. The number of amides is 2. The van der Waals surface area contributed by atoms with Crippen molar-refractivity contribution >= 4 is 23.5 Å². The standard InChI is InChI=1S/C18H18N2O5/c21-16(19-12-3-1-2-4-12)11-5-7-13(8-6-11)20-17(22)14-9-10-15(25-14)18(23)24/h5-10,12H,1-4H2,(H,19,21)(H,20,22)(H,23,24). The molecule has 1 fully saturated rings. The molecule has 3 N–H and O–H groups in total. The van der Waals surface area contributed by atoms with E-state index in [2.05, 4.69) is 10.6 Å². The molecular weight excluding hydrogens is 324 g/mol. The SMILES string of the molecule is O=C(NC1CCCC1)c1ccc(NC(=O)c2ccc(C(=O)O)o2)cc1. The van der Waals surface area contributed by atoms with Crippen molar-refractivity contribution in [1.82, 2.24) is 5.32 Å². The van der Waals surface area contributed by atoms with E-state index in [1.165, 1.54) is 12.1 Å². The highest BCUT2D eigenvalue weighted by atomic mass is 16.4. The van der Waals surface area contributed by atoms with Crippen LogP contribution >= 0.6 is 0 Å². The zero-order chi connectivity index (χ0) is 17.8. The van der Waals surface area contributed by atoms with Gasteiger partial charge >= 0.3 is 5.97 Å². The Morgan fingerprint density at radius 1 is 0.920 bits per heavy atom. The number of nitrogens with one attached hydrogen (secondary N) is 2. The third kappa shape index (κ3) is 4.06. The second kappa shape index (κ2) is 7.21. The van der Waals surface area contributed by atoms with Gasteiger partial charge < -0.3 is 20.2 Å². The van der Waals surface area contributed by atoms with Gasteiger partial charge in [0.05, 0.1) is 0 Å². The van der Waals surface area contributed by atoms with Crippen molar-refractivity contribution in [2.45, 2.75) is 31.7 Å². The molecule has 7 nitrogen and oxygen atoms in total. The number of carboxylic acids is 1. The van der Waals surface area contributed by atoms with E-state index < -0.39 is 11.9 Å². The molecule has 1 aromatic carbocycles. The molecule has 0 atom stereocenters. The van der Waals surface area contributed by atoms with Gasteiger partial charge in [-0.1, -0.05) is 12.8 Å². The molecule has 1 heterocycles. The van der Waals surface area contributed by atoms with Crippen molar-refractivity contribution in [3.05, 3.63) is 53.5 Å². The van der Waals surface area contributed by atoms with Crippen molar-refractivity contribution in [2.75, 3.05) is 5.32 Å². The molecule has 3 rings (SSSR count). The van der Waals surface area contributed by atoms with Crippen LogP contribution in [-0.2, 0) is 0 Å². The van der Waals surface area contributed by atoms with Crippen molar-refractivity contribution in [3.63, 3.8) is 0 Å². The molecule has 130 valence electrons. The average molecular weight is 342 g/mol. The average Bonchev–Trinajstić information content (AvgIpc) is 3.27. The number of carboxylic acid groups (broad SMARTS) is 1. The van der Waals surface area contributed by atoms with Crippen LogP contribution < -0.4 is 10.6 Å². The van der Waals surface area contributed by atoms with Gasteiger partial charge in [-0.3, -0.25) is 9.59 Å². The second-order valence-electron chi connectivity index (χ2n) is 5.96. The second-order valence-corrected chi connectivity index (χ2v) is 5.96. The van der Waals surface area contributed by atoms with Crippen LogP contribution in [-0.4, -0.2) is 28.9 Å². The first-order valence-electron chi connectivity index (χ1n) is 8.08. The van der Waals surface area contributed by atoms with Crippen molar-refractivity contribution < 1.29 is 23.9 Å². The van der Waals surface area contributed by atoms with Crippen LogP contribution in [0.5, 0.6) is 0 Å². The summed E-state index contributed by atoms with van der Waals surface area (Å²) in [5, 5.41) is 14.4. The number of anilines is 1. The third-order valence-electron chi connectivity index (χ3n) is 4.14. The third-order valence-corrected chi connectivity index (χ3v) is 4.14. The van der Waals surface area contributed by atoms with Crippen LogP contribution in [0, 0.1) is 0 Å². The highest BCUT2D eigenvalue weighted by molar-refractivity contribution is 6.03. The van der Waals surface area contributed by atoms with E-state index in [1.54, 1.807) is 24.3 Å². The van der Waals surface area contributed by atoms with Crippen molar-refractivity contribution in [3.8, 4) is 0 Å². The number of rotatable bonds is 5. The molecule has 0 aliphatic heterocycles. The van der Waals surface area contributed by atoms with Gasteiger partial charge in [0.1, 0.15) is 0 Å². The maximum absolute atomic E-state index is 12.2. The zero-order valence-corrected chi connectivity index (χ0v) is 13.5. The van der Waals surface area contributed by atoms with Gasteiger partial charge in [0.15, 0.2) is 5.76 Å². The maximum Gasteiger partial charge on any atom is 0.371 e. The quantitative estimate of drug-likeness (QED) is 0.774. The van der Waals surface area contributed by atoms with Crippen LogP contribution in [0.25, 0.3) is 0 Å². The molecule has 1 aliphatic rings. The fraction of sp³-hybridized carbons (Fsp3) is 0.278. The number of hydrogen-bond donors (Lipinski definition) is 3. The molecule has 2 aromatic rings. The molecular formula is C18H18N2O5. The molecule has 25 heavy (non-hydrogen) atoms. The minimum atomic E-state index is -1.24. The summed E-state index contributed by atoms with van der Waals surface area (Å²) in [4.78, 5) is 34.9. The minimum Gasteiger partial charge on any atom is -0.475 e. The van der Waals surface area contributed by atoms with Gasteiger partial charge in [-0.05, 0) is 49.2 Å². The number of benzene rings is 1. The number of hydrogen-bond acceptors (Lipinski definition) is 4. The Labute approximate surface area is 144 Å². The fourth-order valence-corrected chi connectivity index (χ4v) is 2.81. The van der Waals surface area contributed by atoms with Crippen molar-refractivity contribution in [1.29, 1.82) is 0 Å². The van der Waals surface area contributed by atoms with Gasteiger partial charge in [-0.2, -0.15) is 0 Å². The summed E-state index contributed by atoms with van der Waals surface area (Å²) in [5.74, 6) is -2.32. The Kier molecular flexibility index (Phi) is 4.83.